The van der Waals surface area contributed by atoms with Crippen molar-refractivity contribution in [3.8, 4) is 40.2 Å². The van der Waals surface area contributed by atoms with E-state index in [1.54, 1.807) is 36.4 Å². The molecule has 7 aromatic rings. The Bertz CT molecular complexity index is 3530. The predicted octanol–water partition coefficient (Wildman–Crippen LogP) is 24.3. The van der Waals surface area contributed by atoms with Crippen molar-refractivity contribution in [2.45, 2.75) is 287 Å². The second-order valence-electron chi connectivity index (χ2n) is 35.2. The van der Waals surface area contributed by atoms with Gasteiger partial charge in [0.1, 0.15) is 46.1 Å². The molecule has 0 saturated heterocycles. The summed E-state index contributed by atoms with van der Waals surface area (Å²) < 4.78 is 31.8. The van der Waals surface area contributed by atoms with Crippen molar-refractivity contribution in [2.75, 3.05) is 38.2 Å². The molecule has 0 aromatic heterocycles. The summed E-state index contributed by atoms with van der Waals surface area (Å²) in [6, 6.07) is 53.5. The Labute approximate surface area is 685 Å². The van der Waals surface area contributed by atoms with Gasteiger partial charge in [-0.05, 0) is 214 Å². The summed E-state index contributed by atoms with van der Waals surface area (Å²) >= 11 is 10.9. The first-order valence-corrected chi connectivity index (χ1v) is 40.7. The Kier molecular flexibility index (Phi) is 47.4. The third-order valence-electron chi connectivity index (χ3n) is 17.2. The van der Waals surface area contributed by atoms with Crippen molar-refractivity contribution in [3.63, 3.8) is 0 Å². The average Bonchev–Trinajstić information content (AvgIpc) is 0.861. The molecule has 0 fully saturated rings. The van der Waals surface area contributed by atoms with E-state index in [1.165, 1.54) is 38.9 Å². The van der Waals surface area contributed by atoms with Crippen LogP contribution in [0.1, 0.15) is 282 Å². The Morgan fingerprint density at radius 3 is 0.759 bits per heavy atom. The summed E-state index contributed by atoms with van der Waals surface area (Å²) in [5.41, 5.74) is 9.65. The molecular weight excluding hydrogens is 1450 g/mol. The van der Waals surface area contributed by atoms with Crippen molar-refractivity contribution in [2.24, 2.45) is 0 Å². The van der Waals surface area contributed by atoms with Crippen LogP contribution in [0.3, 0.4) is 0 Å². The summed E-state index contributed by atoms with van der Waals surface area (Å²) in [6.45, 7) is 51.0. The molecule has 0 bridgehead atoms. The van der Waals surface area contributed by atoms with Crippen LogP contribution in [0.4, 0.5) is 0 Å². The Morgan fingerprint density at radius 1 is 0.295 bits per heavy atom. The molecule has 0 radical (unpaired) electrons. The van der Waals surface area contributed by atoms with Gasteiger partial charge in [-0.3, -0.25) is 19.2 Å². The number of aliphatic hydroxyl groups excluding tert-OH is 2. The van der Waals surface area contributed by atoms with Crippen molar-refractivity contribution in [1.82, 2.24) is 0 Å². The second-order valence-corrected chi connectivity index (χ2v) is 35.8. The molecule has 7 aromatic carbocycles. The zero-order chi connectivity index (χ0) is 84.9. The number of alkyl halides is 2. The summed E-state index contributed by atoms with van der Waals surface area (Å²) in [6.07, 6.45) is 10.2. The molecule has 0 spiro atoms. The van der Waals surface area contributed by atoms with E-state index in [4.69, 9.17) is 72.0 Å². The van der Waals surface area contributed by atoms with Gasteiger partial charge in [0.25, 0.3) is 0 Å². The summed E-state index contributed by atoms with van der Waals surface area (Å²) in [5.74, 6) is 3.48. The fourth-order valence-electron chi connectivity index (χ4n) is 9.99. The van der Waals surface area contributed by atoms with Gasteiger partial charge in [-0.1, -0.05) is 250 Å². The maximum Gasteiger partial charge on any atom is 0.326 e. The molecule has 0 unspecified atom stereocenters. The number of rotatable bonds is 26. The van der Waals surface area contributed by atoms with E-state index in [0.29, 0.717) is 72.7 Å². The highest BCUT2D eigenvalue weighted by Gasteiger charge is 2.20. The molecule has 4 N–H and O–H groups in total. The van der Waals surface area contributed by atoms with Crippen LogP contribution in [0.25, 0.3) is 0 Å². The number of hydrogen-bond donors (Lipinski definition) is 4. The van der Waals surface area contributed by atoms with Gasteiger partial charge < -0.3 is 48.8 Å². The molecule has 0 heterocycles. The van der Waals surface area contributed by atoms with Crippen LogP contribution in [-0.2, 0) is 61.8 Å². The maximum absolute atomic E-state index is 11.8. The lowest BCUT2D eigenvalue weighted by atomic mass is 9.87. The molecule has 112 heavy (non-hydrogen) atoms. The van der Waals surface area contributed by atoms with Crippen LogP contribution in [0.15, 0.2) is 170 Å². The number of hydrogen-bond acceptors (Lipinski definition) is 14. The van der Waals surface area contributed by atoms with Crippen LogP contribution in [-0.4, -0.2) is 88.6 Å². The standard InChI is InChI=1S/C19H30O3.C16H23ClO2.C16H24O3.C13H20O2.C12H15ClO2.2C10H14O/c1-15(2)21-14-8-6-7-9-18(20)22-17-12-10-16(11-13-17)19(3,4)5;2*1-16(2,3)13-8-10-14(11-9-13)19-15(18)7-5-4-6-12-17;1-13(2,3)11-5-7-12(8-6-11)15-10-4-9-14;1-12(2,3)9-4-6-10(7-5-9)15-11(14)8-13;2*1-10(2,3)8-4-6-9(11)7-5-8/h10-13,15H,6-9,14H2,1-5H3;8-11H,4-7,12H2,1-3H3;8-11,17H,4-7,12H2,1-3H3;5-8,14H,4,9-10H2,1-3H3;4-7H,8H2,1-3H3;2*4-7,11H,1-3H3. The Balaban J connectivity index is 0.000000661. The number of unbranched alkanes of at least 4 members (excludes halogenated alkanes) is 6. The van der Waals surface area contributed by atoms with Gasteiger partial charge in [0, 0.05) is 51.4 Å². The normalized spacial score (nSPS) is 11.5. The summed E-state index contributed by atoms with van der Waals surface area (Å²) in [7, 11) is 0. The smallest absolute Gasteiger partial charge is 0.326 e. The minimum absolute atomic E-state index is 0.104. The quantitative estimate of drug-likeness (QED) is 0.0172. The lowest BCUT2D eigenvalue weighted by Crippen LogP contribution is -2.12. The highest BCUT2D eigenvalue weighted by atomic mass is 35.5. The Hall–Kier alpha value is -7.72. The zero-order valence-electron chi connectivity index (χ0n) is 72.3. The fourth-order valence-corrected chi connectivity index (χ4v) is 10.2. The molecule has 16 heteroatoms. The largest absolute Gasteiger partial charge is 0.508 e. The van der Waals surface area contributed by atoms with Crippen LogP contribution < -0.4 is 23.7 Å². The first kappa shape index (κ1) is 102. The second kappa shape index (κ2) is 51.9. The van der Waals surface area contributed by atoms with Crippen LogP contribution in [0.5, 0.6) is 40.2 Å². The first-order chi connectivity index (χ1) is 52.1. The third-order valence-corrected chi connectivity index (χ3v) is 17.7. The summed E-state index contributed by atoms with van der Waals surface area (Å²) in [4.78, 5) is 45.9. The number of carbonyl (C=O) groups excluding carboxylic acids is 4. The van der Waals surface area contributed by atoms with E-state index in [9.17, 15) is 19.2 Å². The fraction of sp³-hybridized carbons (Fsp3) is 0.521. The minimum Gasteiger partial charge on any atom is -0.508 e. The number of phenolic OH excluding ortho intramolecular Hbond substituents is 2. The molecule has 0 saturated carbocycles. The van der Waals surface area contributed by atoms with E-state index in [2.05, 4.69) is 158 Å². The van der Waals surface area contributed by atoms with Gasteiger partial charge in [0.05, 0.1) is 12.7 Å². The number of halogens is 2. The molecular formula is C96H140Cl2O14. The number of esters is 4. The number of carbonyl (C=O) groups is 4. The van der Waals surface area contributed by atoms with Gasteiger partial charge in [-0.15, -0.1) is 23.2 Å². The van der Waals surface area contributed by atoms with E-state index >= 15 is 0 Å². The average molecular weight is 1590 g/mol. The molecule has 0 aliphatic rings. The molecule has 14 nitrogen and oxygen atoms in total. The molecule has 0 amide bonds. The number of aliphatic hydroxyl groups is 2. The third kappa shape index (κ3) is 47.7. The number of ether oxygens (including phenoxy) is 6. The molecule has 0 atom stereocenters. The topological polar surface area (TPSA) is 205 Å². The van der Waals surface area contributed by atoms with Crippen LogP contribution in [0, 0.1) is 0 Å². The highest BCUT2D eigenvalue weighted by molar-refractivity contribution is 6.26. The Morgan fingerprint density at radius 2 is 0.527 bits per heavy atom. The van der Waals surface area contributed by atoms with Gasteiger partial charge in [-0.2, -0.15) is 0 Å². The molecule has 7 rings (SSSR count). The molecule has 0 aliphatic heterocycles. The van der Waals surface area contributed by atoms with E-state index in [1.807, 2.05) is 135 Å². The number of aromatic hydroxyl groups is 2. The van der Waals surface area contributed by atoms with Gasteiger partial charge in [0.2, 0.25) is 0 Å². The van der Waals surface area contributed by atoms with Crippen LogP contribution >= 0.6 is 23.2 Å². The first-order valence-electron chi connectivity index (χ1n) is 39.6. The van der Waals surface area contributed by atoms with Crippen molar-refractivity contribution >= 4 is 47.1 Å². The van der Waals surface area contributed by atoms with E-state index in [-0.39, 0.29) is 81.0 Å². The molecule has 622 valence electrons. The van der Waals surface area contributed by atoms with Crippen molar-refractivity contribution in [3.05, 3.63) is 209 Å². The zero-order valence-corrected chi connectivity index (χ0v) is 73.8. The maximum atomic E-state index is 11.8. The summed E-state index contributed by atoms with van der Waals surface area (Å²) in [5, 5.41) is 35.3. The number of phenols is 2. The SMILES string of the molecule is CC(C)(C)c1ccc(O)cc1.CC(C)(C)c1ccc(O)cc1.CC(C)(C)c1ccc(OC(=O)CCCCCCl)cc1.CC(C)(C)c1ccc(OC(=O)CCCCCO)cc1.CC(C)(C)c1ccc(OC(=O)CCl)cc1.CC(C)(C)c1ccc(OCCCO)cc1.CC(C)OCCCCCC(=O)Oc1ccc(C(C)(C)C)cc1. The number of benzene rings is 7. The van der Waals surface area contributed by atoms with E-state index < -0.39 is 5.97 Å². The lowest BCUT2D eigenvalue weighted by Gasteiger charge is -2.19. The van der Waals surface area contributed by atoms with Gasteiger partial charge >= 0.3 is 23.9 Å². The minimum atomic E-state index is -0.430. The predicted molar refractivity (Wildman–Crippen MR) is 464 cm³/mol. The highest BCUT2D eigenvalue weighted by Crippen LogP contribution is 2.31. The van der Waals surface area contributed by atoms with Crippen molar-refractivity contribution in [1.29, 1.82) is 0 Å². The van der Waals surface area contributed by atoms with Gasteiger partial charge in [0.15, 0.2) is 0 Å². The van der Waals surface area contributed by atoms with Gasteiger partial charge in [-0.25, -0.2) is 0 Å². The van der Waals surface area contributed by atoms with Crippen LogP contribution in [0.2, 0.25) is 0 Å². The van der Waals surface area contributed by atoms with E-state index in [0.717, 1.165) is 70.1 Å². The monoisotopic (exact) mass is 1590 g/mol. The van der Waals surface area contributed by atoms with Crippen molar-refractivity contribution < 1.29 is 68.0 Å². The lowest BCUT2D eigenvalue weighted by molar-refractivity contribution is -0.135. The molecule has 0 aliphatic carbocycles.